The highest BCUT2D eigenvalue weighted by atomic mass is 14.3. The van der Waals surface area contributed by atoms with Gasteiger partial charge in [0.2, 0.25) is 0 Å². The standard InChI is InChI=1S/C18H28/c1-14(2)18(6,7)16-10-8-15(9-11-16)12-13-17(3,4)5/h8-14H,1-7H3/b13-12+. The Kier molecular flexibility index (Phi) is 4.42. The van der Waals surface area contributed by atoms with E-state index in [1.165, 1.54) is 11.1 Å². The van der Waals surface area contributed by atoms with E-state index in [0.29, 0.717) is 5.92 Å². The molecule has 0 atom stereocenters. The molecule has 1 aromatic carbocycles. The molecule has 0 saturated carbocycles. The zero-order valence-electron chi connectivity index (χ0n) is 13.0. The number of rotatable bonds is 3. The van der Waals surface area contributed by atoms with Crippen LogP contribution in [0.4, 0.5) is 0 Å². The lowest BCUT2D eigenvalue weighted by Gasteiger charge is -2.30. The first-order valence-electron chi connectivity index (χ1n) is 6.93. The van der Waals surface area contributed by atoms with Gasteiger partial charge in [-0.3, -0.25) is 0 Å². The van der Waals surface area contributed by atoms with Gasteiger partial charge in [0.15, 0.2) is 0 Å². The second kappa shape index (κ2) is 5.30. The zero-order valence-corrected chi connectivity index (χ0v) is 13.0. The highest BCUT2D eigenvalue weighted by molar-refractivity contribution is 5.51. The van der Waals surface area contributed by atoms with Crippen LogP contribution >= 0.6 is 0 Å². The Hall–Kier alpha value is -1.04. The molecule has 0 amide bonds. The first-order chi connectivity index (χ1) is 8.13. The molecule has 0 heteroatoms. The second-order valence-corrected chi connectivity index (χ2v) is 7.20. The van der Waals surface area contributed by atoms with E-state index in [2.05, 4.69) is 84.9 Å². The van der Waals surface area contributed by atoms with E-state index < -0.39 is 0 Å². The average molecular weight is 244 g/mol. The van der Waals surface area contributed by atoms with Crippen molar-refractivity contribution < 1.29 is 0 Å². The summed E-state index contributed by atoms with van der Waals surface area (Å²) in [5.41, 5.74) is 3.20. The smallest absolute Gasteiger partial charge is 0.00806 e. The topological polar surface area (TPSA) is 0 Å². The van der Waals surface area contributed by atoms with Gasteiger partial charge in [0.1, 0.15) is 0 Å². The van der Waals surface area contributed by atoms with Crippen molar-refractivity contribution in [3.63, 3.8) is 0 Å². The van der Waals surface area contributed by atoms with Crippen LogP contribution in [0, 0.1) is 11.3 Å². The van der Waals surface area contributed by atoms with Gasteiger partial charge in [-0.25, -0.2) is 0 Å². The Labute approximate surface area is 113 Å². The van der Waals surface area contributed by atoms with Crippen LogP contribution in [0.5, 0.6) is 0 Å². The summed E-state index contributed by atoms with van der Waals surface area (Å²) < 4.78 is 0. The third kappa shape index (κ3) is 4.01. The molecule has 0 nitrogen and oxygen atoms in total. The van der Waals surface area contributed by atoms with Crippen molar-refractivity contribution in [3.05, 3.63) is 41.5 Å². The molecule has 1 rings (SSSR count). The van der Waals surface area contributed by atoms with E-state index in [1.807, 2.05) is 0 Å². The van der Waals surface area contributed by atoms with Gasteiger partial charge >= 0.3 is 0 Å². The van der Waals surface area contributed by atoms with Crippen molar-refractivity contribution in [1.82, 2.24) is 0 Å². The summed E-state index contributed by atoms with van der Waals surface area (Å²) in [6.07, 6.45) is 4.47. The molecule has 0 aliphatic carbocycles. The fourth-order valence-electron chi connectivity index (χ4n) is 1.70. The van der Waals surface area contributed by atoms with Crippen LogP contribution in [0.2, 0.25) is 0 Å². The third-order valence-corrected chi connectivity index (χ3v) is 3.87. The number of hydrogen-bond acceptors (Lipinski definition) is 0. The Morgan fingerprint density at radius 3 is 1.78 bits per heavy atom. The summed E-state index contributed by atoms with van der Waals surface area (Å²) in [6.45, 7) is 15.9. The minimum absolute atomic E-state index is 0.242. The van der Waals surface area contributed by atoms with Crippen LogP contribution in [0.3, 0.4) is 0 Å². The lowest BCUT2D eigenvalue weighted by molar-refractivity contribution is 0.372. The lowest BCUT2D eigenvalue weighted by atomic mass is 9.75. The van der Waals surface area contributed by atoms with Gasteiger partial charge in [0, 0.05) is 0 Å². The largest absolute Gasteiger partial charge is 0.0785 e. The molecule has 0 aliphatic heterocycles. The molecule has 0 aliphatic rings. The van der Waals surface area contributed by atoms with Gasteiger partial charge in [-0.1, -0.05) is 84.9 Å². The Bertz CT molecular complexity index is 397. The van der Waals surface area contributed by atoms with E-state index >= 15 is 0 Å². The van der Waals surface area contributed by atoms with E-state index in [4.69, 9.17) is 0 Å². The summed E-state index contributed by atoms with van der Waals surface area (Å²) in [4.78, 5) is 0. The van der Waals surface area contributed by atoms with Crippen LogP contribution in [0.25, 0.3) is 6.08 Å². The molecule has 0 bridgehead atoms. The Morgan fingerprint density at radius 1 is 0.889 bits per heavy atom. The van der Waals surface area contributed by atoms with Crippen molar-refractivity contribution >= 4 is 6.08 Å². The lowest BCUT2D eigenvalue weighted by Crippen LogP contribution is -2.24. The maximum absolute atomic E-state index is 2.32. The summed E-state index contributed by atoms with van der Waals surface area (Å²) in [5.74, 6) is 0.647. The molecule has 0 fully saturated rings. The minimum atomic E-state index is 0.242. The van der Waals surface area contributed by atoms with Crippen molar-refractivity contribution in [2.75, 3.05) is 0 Å². The van der Waals surface area contributed by atoms with Crippen molar-refractivity contribution in [1.29, 1.82) is 0 Å². The van der Waals surface area contributed by atoms with Crippen LogP contribution in [-0.4, -0.2) is 0 Å². The quantitative estimate of drug-likeness (QED) is 0.641. The molecule has 100 valence electrons. The molecule has 1 aromatic rings. The van der Waals surface area contributed by atoms with Gasteiger partial charge in [-0.05, 0) is 27.9 Å². The maximum Gasteiger partial charge on any atom is -0.00806 e. The Morgan fingerprint density at radius 2 is 1.39 bits per heavy atom. The van der Waals surface area contributed by atoms with Gasteiger partial charge in [-0.15, -0.1) is 0 Å². The van der Waals surface area contributed by atoms with Crippen molar-refractivity contribution in [2.45, 2.75) is 53.9 Å². The molecular formula is C18H28. The molecule has 18 heavy (non-hydrogen) atoms. The molecular weight excluding hydrogens is 216 g/mol. The van der Waals surface area contributed by atoms with Crippen LogP contribution in [0.15, 0.2) is 30.3 Å². The van der Waals surface area contributed by atoms with Gasteiger partial charge in [0.05, 0.1) is 0 Å². The molecule has 0 aromatic heterocycles. The fourth-order valence-corrected chi connectivity index (χ4v) is 1.70. The van der Waals surface area contributed by atoms with Crippen molar-refractivity contribution in [3.8, 4) is 0 Å². The van der Waals surface area contributed by atoms with E-state index in [1.54, 1.807) is 0 Å². The SMILES string of the molecule is CC(C)C(C)(C)c1ccc(/C=C/C(C)(C)C)cc1. The summed E-state index contributed by atoms with van der Waals surface area (Å²) in [5, 5.41) is 0. The fraction of sp³-hybridized carbons (Fsp3) is 0.556. The number of hydrogen-bond donors (Lipinski definition) is 0. The monoisotopic (exact) mass is 244 g/mol. The van der Waals surface area contributed by atoms with Crippen LogP contribution in [0.1, 0.15) is 59.6 Å². The van der Waals surface area contributed by atoms with Gasteiger partial charge < -0.3 is 0 Å². The molecule has 0 unspecified atom stereocenters. The molecule has 0 radical (unpaired) electrons. The maximum atomic E-state index is 2.32. The second-order valence-electron chi connectivity index (χ2n) is 7.20. The summed E-state index contributed by atoms with van der Waals surface area (Å²) >= 11 is 0. The highest BCUT2D eigenvalue weighted by Crippen LogP contribution is 2.31. The predicted octanol–water partition coefficient (Wildman–Crippen LogP) is 5.68. The zero-order chi connectivity index (χ0) is 14.0. The number of allylic oxidation sites excluding steroid dienone is 1. The summed E-state index contributed by atoms with van der Waals surface area (Å²) in [7, 11) is 0. The van der Waals surface area contributed by atoms with Gasteiger partial charge in [-0.2, -0.15) is 0 Å². The molecule has 0 saturated heterocycles. The third-order valence-electron chi connectivity index (χ3n) is 3.87. The van der Waals surface area contributed by atoms with Gasteiger partial charge in [0.25, 0.3) is 0 Å². The van der Waals surface area contributed by atoms with E-state index in [0.717, 1.165) is 0 Å². The predicted molar refractivity (Wildman–Crippen MR) is 82.8 cm³/mol. The first-order valence-corrected chi connectivity index (χ1v) is 6.93. The van der Waals surface area contributed by atoms with Crippen molar-refractivity contribution in [2.24, 2.45) is 11.3 Å². The first kappa shape index (κ1) is 15.0. The Balaban J connectivity index is 2.91. The van der Waals surface area contributed by atoms with E-state index in [-0.39, 0.29) is 10.8 Å². The van der Waals surface area contributed by atoms with E-state index in [9.17, 15) is 0 Å². The molecule has 0 spiro atoms. The highest BCUT2D eigenvalue weighted by Gasteiger charge is 2.24. The van der Waals surface area contributed by atoms with Crippen LogP contribution in [-0.2, 0) is 5.41 Å². The van der Waals surface area contributed by atoms with Crippen LogP contribution < -0.4 is 0 Å². The minimum Gasteiger partial charge on any atom is -0.0785 e. The number of benzene rings is 1. The average Bonchev–Trinajstić information content (AvgIpc) is 2.26. The summed E-state index contributed by atoms with van der Waals surface area (Å²) in [6, 6.07) is 8.98. The molecule has 0 heterocycles. The molecule has 0 N–H and O–H groups in total. The normalized spacial score (nSPS) is 13.6.